The average Bonchev–Trinajstić information content (AvgIpc) is 2.31. The molecule has 0 aliphatic rings. The van der Waals surface area contributed by atoms with Gasteiger partial charge in [-0.05, 0) is 12.0 Å². The van der Waals surface area contributed by atoms with Gasteiger partial charge in [0.1, 0.15) is 5.82 Å². The zero-order valence-electron chi connectivity index (χ0n) is 10.0. The summed E-state index contributed by atoms with van der Waals surface area (Å²) in [4.78, 5) is 14.7. The van der Waals surface area contributed by atoms with Gasteiger partial charge in [-0.1, -0.05) is 38.3 Å². The summed E-state index contributed by atoms with van der Waals surface area (Å²) in [6.07, 6.45) is 3.49. The molecule has 0 amide bonds. The van der Waals surface area contributed by atoms with E-state index in [0.29, 0.717) is 16.8 Å². The maximum Gasteiger partial charge on any atom is 0.337 e. The second-order valence-corrected chi connectivity index (χ2v) is 4.33. The minimum absolute atomic E-state index is 0.100. The SMILES string of the molecule is CCC(CC)CNc1ncc(C(=O)O)cc1Cl. The number of carboxylic acids is 1. The first-order chi connectivity index (χ1) is 8.08. The Morgan fingerprint density at radius 3 is 2.65 bits per heavy atom. The van der Waals surface area contributed by atoms with Crippen LogP contribution < -0.4 is 5.32 Å². The Kier molecular flexibility index (Phi) is 5.22. The van der Waals surface area contributed by atoms with Gasteiger partial charge in [-0.3, -0.25) is 0 Å². The topological polar surface area (TPSA) is 62.2 Å². The second-order valence-electron chi connectivity index (χ2n) is 3.92. The third kappa shape index (κ3) is 3.89. The highest BCUT2D eigenvalue weighted by molar-refractivity contribution is 6.33. The molecule has 1 heterocycles. The molecule has 0 aliphatic heterocycles. The summed E-state index contributed by atoms with van der Waals surface area (Å²) < 4.78 is 0. The summed E-state index contributed by atoms with van der Waals surface area (Å²) >= 11 is 5.95. The van der Waals surface area contributed by atoms with Crippen molar-refractivity contribution >= 4 is 23.4 Å². The minimum Gasteiger partial charge on any atom is -0.478 e. The fourth-order valence-electron chi connectivity index (χ4n) is 1.50. The number of halogens is 1. The molecular formula is C12H17ClN2O2. The fourth-order valence-corrected chi connectivity index (χ4v) is 1.74. The van der Waals surface area contributed by atoms with E-state index < -0.39 is 5.97 Å². The van der Waals surface area contributed by atoms with Crippen molar-refractivity contribution in [2.24, 2.45) is 5.92 Å². The van der Waals surface area contributed by atoms with Crippen molar-refractivity contribution in [2.75, 3.05) is 11.9 Å². The first kappa shape index (κ1) is 13.8. The first-order valence-corrected chi connectivity index (χ1v) is 6.09. The van der Waals surface area contributed by atoms with Crippen molar-refractivity contribution in [2.45, 2.75) is 26.7 Å². The van der Waals surface area contributed by atoms with Crippen molar-refractivity contribution in [3.05, 3.63) is 22.8 Å². The summed E-state index contributed by atoms with van der Waals surface area (Å²) in [6.45, 7) is 5.07. The van der Waals surface area contributed by atoms with Gasteiger partial charge in [0.05, 0.1) is 10.6 Å². The van der Waals surface area contributed by atoms with Crippen LogP contribution in [0.1, 0.15) is 37.0 Å². The standard InChI is InChI=1S/C12H17ClN2O2/c1-3-8(4-2)6-14-11-10(13)5-9(7-15-11)12(16)17/h5,7-8H,3-4,6H2,1-2H3,(H,14,15)(H,16,17). The maximum absolute atomic E-state index is 10.7. The van der Waals surface area contributed by atoms with E-state index in [1.54, 1.807) is 0 Å². The van der Waals surface area contributed by atoms with Crippen LogP contribution in [-0.4, -0.2) is 22.6 Å². The number of rotatable bonds is 6. The number of pyridine rings is 1. The molecule has 4 nitrogen and oxygen atoms in total. The van der Waals surface area contributed by atoms with Crippen molar-refractivity contribution in [3.63, 3.8) is 0 Å². The van der Waals surface area contributed by atoms with E-state index in [4.69, 9.17) is 16.7 Å². The average molecular weight is 257 g/mol. The lowest BCUT2D eigenvalue weighted by Gasteiger charge is -2.14. The lowest BCUT2D eigenvalue weighted by atomic mass is 10.0. The molecule has 0 radical (unpaired) electrons. The molecular weight excluding hydrogens is 240 g/mol. The molecule has 5 heteroatoms. The second kappa shape index (κ2) is 6.45. The van der Waals surface area contributed by atoms with Crippen molar-refractivity contribution < 1.29 is 9.90 Å². The highest BCUT2D eigenvalue weighted by Crippen LogP contribution is 2.21. The number of aromatic carboxylic acids is 1. The summed E-state index contributed by atoms with van der Waals surface area (Å²) in [5.41, 5.74) is 0.100. The van der Waals surface area contributed by atoms with E-state index in [1.165, 1.54) is 12.3 Å². The van der Waals surface area contributed by atoms with Gasteiger partial charge in [-0.2, -0.15) is 0 Å². The first-order valence-electron chi connectivity index (χ1n) is 5.71. The van der Waals surface area contributed by atoms with Crippen LogP contribution in [0.4, 0.5) is 5.82 Å². The van der Waals surface area contributed by atoms with Crippen LogP contribution >= 0.6 is 11.6 Å². The Labute approximate surface area is 106 Å². The molecule has 0 aliphatic carbocycles. The Balaban J connectivity index is 2.69. The Hall–Kier alpha value is -1.29. The van der Waals surface area contributed by atoms with Crippen LogP contribution in [0.5, 0.6) is 0 Å². The molecule has 94 valence electrons. The molecule has 0 fully saturated rings. The lowest BCUT2D eigenvalue weighted by molar-refractivity contribution is 0.0696. The molecule has 1 rings (SSSR count). The summed E-state index contributed by atoms with van der Waals surface area (Å²) in [7, 11) is 0. The van der Waals surface area contributed by atoms with E-state index in [9.17, 15) is 4.79 Å². The molecule has 2 N–H and O–H groups in total. The van der Waals surface area contributed by atoms with E-state index in [1.807, 2.05) is 0 Å². The summed E-state index contributed by atoms with van der Waals surface area (Å²) in [5, 5.41) is 12.3. The molecule has 0 unspecified atom stereocenters. The third-order valence-electron chi connectivity index (χ3n) is 2.80. The van der Waals surface area contributed by atoms with E-state index >= 15 is 0 Å². The molecule has 0 aromatic carbocycles. The molecule has 1 aromatic heterocycles. The van der Waals surface area contributed by atoms with Crippen molar-refractivity contribution in [1.82, 2.24) is 4.98 Å². The van der Waals surface area contributed by atoms with Crippen LogP contribution in [-0.2, 0) is 0 Å². The van der Waals surface area contributed by atoms with Gasteiger partial charge >= 0.3 is 5.97 Å². The molecule has 17 heavy (non-hydrogen) atoms. The lowest BCUT2D eigenvalue weighted by Crippen LogP contribution is -2.14. The zero-order valence-corrected chi connectivity index (χ0v) is 10.8. The largest absolute Gasteiger partial charge is 0.478 e. The summed E-state index contributed by atoms with van der Waals surface area (Å²) in [5.74, 6) is 0.0986. The normalized spacial score (nSPS) is 10.6. The Morgan fingerprint density at radius 2 is 2.18 bits per heavy atom. The van der Waals surface area contributed by atoms with Gasteiger partial charge in [0.2, 0.25) is 0 Å². The number of nitrogens with one attached hydrogen (secondary N) is 1. The highest BCUT2D eigenvalue weighted by Gasteiger charge is 2.09. The zero-order chi connectivity index (χ0) is 12.8. The summed E-state index contributed by atoms with van der Waals surface area (Å²) in [6, 6.07) is 1.41. The van der Waals surface area contributed by atoms with Crippen molar-refractivity contribution in [3.8, 4) is 0 Å². The Morgan fingerprint density at radius 1 is 1.53 bits per heavy atom. The predicted molar refractivity (Wildman–Crippen MR) is 68.8 cm³/mol. The predicted octanol–water partition coefficient (Wildman–Crippen LogP) is 3.28. The van der Waals surface area contributed by atoms with Crippen LogP contribution in [0.25, 0.3) is 0 Å². The van der Waals surface area contributed by atoms with Gasteiger partial charge < -0.3 is 10.4 Å². The molecule has 1 aromatic rings. The van der Waals surface area contributed by atoms with Gasteiger partial charge in [0, 0.05) is 12.7 Å². The Bertz CT molecular complexity index is 392. The number of aromatic nitrogens is 1. The fraction of sp³-hybridized carbons (Fsp3) is 0.500. The molecule has 0 bridgehead atoms. The smallest absolute Gasteiger partial charge is 0.337 e. The van der Waals surface area contributed by atoms with Gasteiger partial charge in [-0.15, -0.1) is 0 Å². The van der Waals surface area contributed by atoms with E-state index in [-0.39, 0.29) is 5.56 Å². The molecule has 0 saturated carbocycles. The molecule has 0 spiro atoms. The monoisotopic (exact) mass is 256 g/mol. The van der Waals surface area contributed by atoms with Gasteiger partial charge in [0.15, 0.2) is 0 Å². The quantitative estimate of drug-likeness (QED) is 0.820. The van der Waals surface area contributed by atoms with Gasteiger partial charge in [-0.25, -0.2) is 9.78 Å². The number of hydrogen-bond acceptors (Lipinski definition) is 3. The molecule has 0 atom stereocenters. The highest BCUT2D eigenvalue weighted by atomic mass is 35.5. The maximum atomic E-state index is 10.7. The van der Waals surface area contributed by atoms with Crippen LogP contribution in [0, 0.1) is 5.92 Å². The van der Waals surface area contributed by atoms with Crippen LogP contribution in [0.15, 0.2) is 12.3 Å². The number of carbonyl (C=O) groups is 1. The minimum atomic E-state index is -1.02. The number of hydrogen-bond donors (Lipinski definition) is 2. The number of anilines is 1. The van der Waals surface area contributed by atoms with E-state index in [2.05, 4.69) is 24.1 Å². The molecule has 0 saturated heterocycles. The third-order valence-corrected chi connectivity index (χ3v) is 3.09. The number of carboxylic acid groups (broad SMARTS) is 1. The van der Waals surface area contributed by atoms with Crippen LogP contribution in [0.2, 0.25) is 5.02 Å². The number of nitrogens with zero attached hydrogens (tertiary/aromatic N) is 1. The van der Waals surface area contributed by atoms with Gasteiger partial charge in [0.25, 0.3) is 0 Å². The van der Waals surface area contributed by atoms with Crippen LogP contribution in [0.3, 0.4) is 0 Å². The van der Waals surface area contributed by atoms with E-state index in [0.717, 1.165) is 19.4 Å². The van der Waals surface area contributed by atoms with Crippen molar-refractivity contribution in [1.29, 1.82) is 0 Å².